The van der Waals surface area contributed by atoms with Crippen molar-refractivity contribution in [2.75, 3.05) is 33.5 Å². The zero-order chi connectivity index (χ0) is 16.2. The van der Waals surface area contributed by atoms with Crippen LogP contribution in [0.1, 0.15) is 19.4 Å². The summed E-state index contributed by atoms with van der Waals surface area (Å²) in [7, 11) is 1.68. The fourth-order valence-corrected chi connectivity index (χ4v) is 3.08. The van der Waals surface area contributed by atoms with E-state index in [-0.39, 0.29) is 18.0 Å². The molecule has 0 radical (unpaired) electrons. The topological polar surface area (TPSA) is 56.6 Å². The minimum atomic E-state index is -0.287. The molecular formula is C17H23N3O3. The highest BCUT2D eigenvalue weighted by atomic mass is 16.5. The average molecular weight is 317 g/mol. The van der Waals surface area contributed by atoms with E-state index in [0.29, 0.717) is 26.4 Å². The average Bonchev–Trinajstić information content (AvgIpc) is 3.03. The summed E-state index contributed by atoms with van der Waals surface area (Å²) in [6.07, 6.45) is 2.54. The van der Waals surface area contributed by atoms with Crippen molar-refractivity contribution in [2.45, 2.75) is 25.4 Å². The predicted molar refractivity (Wildman–Crippen MR) is 87.3 cm³/mol. The van der Waals surface area contributed by atoms with Gasteiger partial charge in [0.05, 0.1) is 36.6 Å². The molecule has 0 aliphatic carbocycles. The van der Waals surface area contributed by atoms with Crippen molar-refractivity contribution in [1.82, 2.24) is 14.5 Å². The van der Waals surface area contributed by atoms with Crippen LogP contribution in [0.5, 0.6) is 0 Å². The van der Waals surface area contributed by atoms with E-state index >= 15 is 0 Å². The molecular weight excluding hydrogens is 294 g/mol. The van der Waals surface area contributed by atoms with Crippen LogP contribution in [0.15, 0.2) is 30.6 Å². The summed E-state index contributed by atoms with van der Waals surface area (Å²) in [6, 6.07) is 7.66. The number of hydrogen-bond acceptors (Lipinski definition) is 4. The molecule has 1 aliphatic heterocycles. The Hall–Kier alpha value is -1.92. The van der Waals surface area contributed by atoms with Crippen molar-refractivity contribution in [3.05, 3.63) is 30.6 Å². The van der Waals surface area contributed by atoms with Crippen LogP contribution in [0.25, 0.3) is 11.0 Å². The molecule has 3 rings (SSSR count). The van der Waals surface area contributed by atoms with E-state index in [9.17, 15) is 4.79 Å². The highest BCUT2D eigenvalue weighted by Gasteiger charge is 2.31. The van der Waals surface area contributed by atoms with Gasteiger partial charge in [0.1, 0.15) is 6.04 Å². The van der Waals surface area contributed by atoms with Gasteiger partial charge in [0.2, 0.25) is 5.91 Å². The Balaban J connectivity index is 1.80. The third-order valence-electron chi connectivity index (χ3n) is 4.42. The summed E-state index contributed by atoms with van der Waals surface area (Å²) >= 11 is 0. The van der Waals surface area contributed by atoms with Crippen molar-refractivity contribution in [1.29, 1.82) is 0 Å². The largest absolute Gasteiger partial charge is 0.385 e. The van der Waals surface area contributed by atoms with E-state index in [4.69, 9.17) is 9.47 Å². The van der Waals surface area contributed by atoms with Gasteiger partial charge in [0.25, 0.3) is 0 Å². The number of benzene rings is 1. The third kappa shape index (κ3) is 3.23. The Bertz CT molecular complexity index is 670. The van der Waals surface area contributed by atoms with Gasteiger partial charge in [-0.2, -0.15) is 0 Å². The van der Waals surface area contributed by atoms with E-state index in [1.807, 2.05) is 40.7 Å². The van der Waals surface area contributed by atoms with Crippen LogP contribution in [-0.4, -0.2) is 59.9 Å². The van der Waals surface area contributed by atoms with Gasteiger partial charge in [-0.3, -0.25) is 4.79 Å². The molecule has 124 valence electrons. The van der Waals surface area contributed by atoms with Gasteiger partial charge in [0, 0.05) is 20.3 Å². The predicted octanol–water partition coefficient (Wildman–Crippen LogP) is 1.86. The summed E-state index contributed by atoms with van der Waals surface area (Å²) in [6.45, 7) is 4.35. The maximum atomic E-state index is 13.0. The lowest BCUT2D eigenvalue weighted by Gasteiger charge is -2.37. The van der Waals surface area contributed by atoms with E-state index in [2.05, 4.69) is 4.98 Å². The van der Waals surface area contributed by atoms with Gasteiger partial charge >= 0.3 is 0 Å². The first kappa shape index (κ1) is 16.0. The second-order valence-corrected chi connectivity index (χ2v) is 5.86. The molecule has 1 aromatic heterocycles. The quantitative estimate of drug-likeness (QED) is 0.845. The van der Waals surface area contributed by atoms with Crippen LogP contribution in [0.4, 0.5) is 0 Å². The van der Waals surface area contributed by atoms with Gasteiger partial charge in [0.15, 0.2) is 0 Å². The number of nitrogens with zero attached hydrogens (tertiary/aromatic N) is 3. The summed E-state index contributed by atoms with van der Waals surface area (Å²) in [5.74, 6) is 0.109. The first-order valence-electron chi connectivity index (χ1n) is 8.01. The second kappa shape index (κ2) is 7.10. The zero-order valence-electron chi connectivity index (χ0n) is 13.6. The molecule has 2 aromatic rings. The Morgan fingerprint density at radius 3 is 3.13 bits per heavy atom. The maximum Gasteiger partial charge on any atom is 0.245 e. The Labute approximate surface area is 136 Å². The number of imidazole rings is 1. The lowest BCUT2D eigenvalue weighted by atomic mass is 10.1. The molecule has 6 heteroatoms. The Kier molecular flexibility index (Phi) is 4.93. The molecule has 1 aliphatic rings. The fraction of sp³-hybridized carbons (Fsp3) is 0.529. The minimum absolute atomic E-state index is 0.0773. The fourth-order valence-electron chi connectivity index (χ4n) is 3.08. The molecule has 0 spiro atoms. The smallest absolute Gasteiger partial charge is 0.245 e. The number of carbonyl (C=O) groups excluding carboxylic acids is 1. The number of methoxy groups -OCH3 is 1. The van der Waals surface area contributed by atoms with Crippen molar-refractivity contribution < 1.29 is 14.3 Å². The Morgan fingerprint density at radius 2 is 2.30 bits per heavy atom. The molecule has 2 atom stereocenters. The number of para-hydroxylation sites is 2. The molecule has 1 amide bonds. The Morgan fingerprint density at radius 1 is 1.48 bits per heavy atom. The highest BCUT2D eigenvalue weighted by Crippen LogP contribution is 2.21. The van der Waals surface area contributed by atoms with E-state index < -0.39 is 0 Å². The van der Waals surface area contributed by atoms with Gasteiger partial charge in [-0.15, -0.1) is 0 Å². The number of morpholine rings is 1. The SMILES string of the molecule is COCCC1COCCN1C(=O)C(C)n1cnc2ccccc21. The highest BCUT2D eigenvalue weighted by molar-refractivity contribution is 5.84. The van der Waals surface area contributed by atoms with Crippen LogP contribution in [0.3, 0.4) is 0 Å². The lowest BCUT2D eigenvalue weighted by Crippen LogP contribution is -2.51. The number of rotatable bonds is 5. The molecule has 6 nitrogen and oxygen atoms in total. The van der Waals surface area contributed by atoms with Crippen LogP contribution in [-0.2, 0) is 14.3 Å². The molecule has 2 heterocycles. The van der Waals surface area contributed by atoms with Crippen molar-refractivity contribution >= 4 is 16.9 Å². The normalized spacial score (nSPS) is 19.9. The second-order valence-electron chi connectivity index (χ2n) is 5.86. The maximum absolute atomic E-state index is 13.0. The summed E-state index contributed by atoms with van der Waals surface area (Å²) in [5, 5.41) is 0. The number of fused-ring (bicyclic) bond motifs is 1. The van der Waals surface area contributed by atoms with Crippen LogP contribution in [0, 0.1) is 0 Å². The van der Waals surface area contributed by atoms with E-state index in [0.717, 1.165) is 17.5 Å². The van der Waals surface area contributed by atoms with Crippen molar-refractivity contribution in [2.24, 2.45) is 0 Å². The van der Waals surface area contributed by atoms with Gasteiger partial charge in [-0.25, -0.2) is 4.98 Å². The molecule has 0 bridgehead atoms. The lowest BCUT2D eigenvalue weighted by molar-refractivity contribution is -0.143. The van der Waals surface area contributed by atoms with E-state index in [1.165, 1.54) is 0 Å². The molecule has 0 saturated carbocycles. The molecule has 1 fully saturated rings. The van der Waals surface area contributed by atoms with Gasteiger partial charge in [-0.1, -0.05) is 12.1 Å². The molecule has 23 heavy (non-hydrogen) atoms. The zero-order valence-corrected chi connectivity index (χ0v) is 13.6. The standard InChI is InChI=1S/C17H23N3O3/c1-13(20-12-18-15-5-3-4-6-16(15)20)17(21)19-8-10-23-11-14(19)7-9-22-2/h3-6,12-14H,7-11H2,1-2H3. The number of carbonyl (C=O) groups is 1. The number of hydrogen-bond donors (Lipinski definition) is 0. The van der Waals surface area contributed by atoms with Crippen LogP contribution >= 0.6 is 0 Å². The van der Waals surface area contributed by atoms with E-state index in [1.54, 1.807) is 13.4 Å². The van der Waals surface area contributed by atoms with Gasteiger partial charge < -0.3 is 18.9 Å². The number of amides is 1. The number of aromatic nitrogens is 2. The molecule has 2 unspecified atom stereocenters. The summed E-state index contributed by atoms with van der Waals surface area (Å²) in [4.78, 5) is 19.3. The van der Waals surface area contributed by atoms with Gasteiger partial charge in [-0.05, 0) is 25.5 Å². The monoisotopic (exact) mass is 317 g/mol. The number of ether oxygens (including phenoxy) is 2. The van der Waals surface area contributed by atoms with Crippen molar-refractivity contribution in [3.63, 3.8) is 0 Å². The minimum Gasteiger partial charge on any atom is -0.385 e. The molecule has 1 aromatic carbocycles. The van der Waals surface area contributed by atoms with Crippen LogP contribution < -0.4 is 0 Å². The summed E-state index contributed by atoms with van der Waals surface area (Å²) in [5.41, 5.74) is 1.89. The first-order chi connectivity index (χ1) is 11.2. The van der Waals surface area contributed by atoms with Crippen molar-refractivity contribution in [3.8, 4) is 0 Å². The third-order valence-corrected chi connectivity index (χ3v) is 4.42. The molecule has 0 N–H and O–H groups in total. The molecule has 1 saturated heterocycles. The first-order valence-corrected chi connectivity index (χ1v) is 8.01. The summed E-state index contributed by atoms with van der Waals surface area (Å²) < 4.78 is 12.6. The van der Waals surface area contributed by atoms with Crippen LogP contribution in [0.2, 0.25) is 0 Å².